The van der Waals surface area contributed by atoms with Crippen LogP contribution >= 0.6 is 0 Å². The van der Waals surface area contributed by atoms with Crippen LogP contribution in [0.3, 0.4) is 0 Å². The van der Waals surface area contributed by atoms with Crippen molar-refractivity contribution < 1.29 is 18.3 Å². The summed E-state index contributed by atoms with van der Waals surface area (Å²) in [7, 11) is 0. The molecule has 1 aromatic rings. The van der Waals surface area contributed by atoms with E-state index < -0.39 is 11.6 Å². The lowest BCUT2D eigenvalue weighted by Gasteiger charge is -2.36. The summed E-state index contributed by atoms with van der Waals surface area (Å²) in [6.07, 6.45) is 3.50. The molecule has 1 aliphatic heterocycles. The summed E-state index contributed by atoms with van der Waals surface area (Å²) in [5.41, 5.74) is 0.800. The van der Waals surface area contributed by atoms with Gasteiger partial charge < -0.3 is 9.47 Å². The van der Waals surface area contributed by atoms with Crippen molar-refractivity contribution in [3.05, 3.63) is 40.8 Å². The van der Waals surface area contributed by atoms with Crippen LogP contribution in [0.4, 0.5) is 8.78 Å². The average Bonchev–Trinajstić information content (AvgIpc) is 2.53. The molecule has 0 N–H and O–H groups in total. The highest BCUT2D eigenvalue weighted by Crippen LogP contribution is 2.38. The van der Waals surface area contributed by atoms with Crippen LogP contribution in [0.1, 0.15) is 43.7 Å². The van der Waals surface area contributed by atoms with E-state index in [1.165, 1.54) is 19.1 Å². The van der Waals surface area contributed by atoms with Crippen LogP contribution in [0.5, 0.6) is 0 Å². The first-order valence-corrected chi connectivity index (χ1v) is 8.08. The number of rotatable bonds is 2. The van der Waals surface area contributed by atoms with Crippen molar-refractivity contribution in [2.45, 2.75) is 45.8 Å². The van der Waals surface area contributed by atoms with Crippen molar-refractivity contribution in [2.75, 3.05) is 13.2 Å². The summed E-state index contributed by atoms with van der Waals surface area (Å²) in [4.78, 5) is 0. The fraction of sp³-hybridized carbons (Fsp3) is 0.611. The van der Waals surface area contributed by atoms with Crippen molar-refractivity contribution in [2.24, 2.45) is 11.8 Å². The van der Waals surface area contributed by atoms with E-state index in [1.807, 2.05) is 0 Å². The van der Waals surface area contributed by atoms with Gasteiger partial charge in [0.05, 0.1) is 13.2 Å². The zero-order valence-electron chi connectivity index (χ0n) is 13.2. The van der Waals surface area contributed by atoms with Gasteiger partial charge in [-0.05, 0) is 50.3 Å². The number of ether oxygens (including phenoxy) is 2. The van der Waals surface area contributed by atoms with E-state index in [-0.39, 0.29) is 11.9 Å². The third kappa shape index (κ3) is 3.33. The zero-order valence-corrected chi connectivity index (χ0v) is 13.2. The van der Waals surface area contributed by atoms with Gasteiger partial charge in [-0.3, -0.25) is 0 Å². The van der Waals surface area contributed by atoms with Gasteiger partial charge in [-0.25, -0.2) is 8.78 Å². The lowest BCUT2D eigenvalue weighted by atomic mass is 9.78. The first-order chi connectivity index (χ1) is 10.5. The Morgan fingerprint density at radius 3 is 2.09 bits per heavy atom. The Kier molecular flexibility index (Phi) is 4.79. The van der Waals surface area contributed by atoms with Crippen LogP contribution in [0.25, 0.3) is 0 Å². The van der Waals surface area contributed by atoms with Crippen LogP contribution in [-0.4, -0.2) is 19.5 Å². The Bertz CT molecular complexity index is 493. The summed E-state index contributed by atoms with van der Waals surface area (Å²) in [5, 5.41) is 0. The molecule has 0 amide bonds. The summed E-state index contributed by atoms with van der Waals surface area (Å²) < 4.78 is 39.0. The first kappa shape index (κ1) is 15.9. The second kappa shape index (κ2) is 6.63. The fourth-order valence-electron chi connectivity index (χ4n) is 3.29. The van der Waals surface area contributed by atoms with Crippen molar-refractivity contribution in [3.8, 4) is 0 Å². The first-order valence-electron chi connectivity index (χ1n) is 8.08. The van der Waals surface area contributed by atoms with E-state index in [0.717, 1.165) is 44.8 Å². The van der Waals surface area contributed by atoms with Gasteiger partial charge in [-0.2, -0.15) is 0 Å². The highest BCUT2D eigenvalue weighted by Gasteiger charge is 2.32. The minimum Gasteiger partial charge on any atom is -0.352 e. The van der Waals surface area contributed by atoms with Crippen molar-refractivity contribution in [3.63, 3.8) is 0 Å². The fourth-order valence-corrected chi connectivity index (χ4v) is 3.29. The van der Waals surface area contributed by atoms with E-state index in [4.69, 9.17) is 9.47 Å². The number of hydrogen-bond acceptors (Lipinski definition) is 2. The molecule has 2 fully saturated rings. The third-order valence-electron chi connectivity index (χ3n) is 4.80. The highest BCUT2D eigenvalue weighted by molar-refractivity contribution is 5.35. The minimum absolute atomic E-state index is 0.0937. The topological polar surface area (TPSA) is 18.5 Å². The standard InChI is InChI=1S/C18H23F2O2/c1-11-9-21-18(22-10-11)14-5-3-13(4-6-14)15-7-16(19)12(2)17(20)8-15/h7-8,11,14,18H,3-6,9-10H2,1-2H3. The van der Waals surface area contributed by atoms with E-state index in [0.29, 0.717) is 17.4 Å². The van der Waals surface area contributed by atoms with Gasteiger partial charge in [0.25, 0.3) is 0 Å². The van der Waals surface area contributed by atoms with Crippen molar-refractivity contribution in [1.29, 1.82) is 0 Å². The van der Waals surface area contributed by atoms with Gasteiger partial charge in [-0.1, -0.05) is 6.92 Å². The molecule has 22 heavy (non-hydrogen) atoms. The second-order valence-corrected chi connectivity index (χ2v) is 6.65. The maximum atomic E-state index is 13.7. The molecular weight excluding hydrogens is 286 g/mol. The maximum Gasteiger partial charge on any atom is 0.160 e. The van der Waals surface area contributed by atoms with Gasteiger partial charge in [0.1, 0.15) is 11.6 Å². The van der Waals surface area contributed by atoms with Crippen LogP contribution in [0.15, 0.2) is 12.1 Å². The van der Waals surface area contributed by atoms with Crippen molar-refractivity contribution in [1.82, 2.24) is 0 Å². The molecular formula is C18H23F2O2. The van der Waals surface area contributed by atoms with E-state index in [1.54, 1.807) is 0 Å². The Morgan fingerprint density at radius 2 is 1.55 bits per heavy atom. The Morgan fingerprint density at radius 1 is 1.00 bits per heavy atom. The maximum absolute atomic E-state index is 13.7. The predicted octanol–water partition coefficient (Wildman–Crippen LogP) is 4.40. The number of hydrogen-bond donors (Lipinski definition) is 0. The van der Waals surface area contributed by atoms with Crippen LogP contribution in [0, 0.1) is 36.3 Å². The molecule has 0 aromatic heterocycles. The minimum atomic E-state index is -0.461. The molecule has 0 unspecified atom stereocenters. The molecule has 1 radical (unpaired) electrons. The normalized spacial score (nSPS) is 28.0. The summed E-state index contributed by atoms with van der Waals surface area (Å²) in [6.45, 7) is 5.09. The molecule has 1 saturated carbocycles. The monoisotopic (exact) mass is 309 g/mol. The predicted molar refractivity (Wildman–Crippen MR) is 80.3 cm³/mol. The highest BCUT2D eigenvalue weighted by atomic mass is 19.1. The van der Waals surface area contributed by atoms with Gasteiger partial charge in [0.2, 0.25) is 0 Å². The van der Waals surface area contributed by atoms with E-state index in [9.17, 15) is 8.78 Å². The van der Waals surface area contributed by atoms with Gasteiger partial charge in [0, 0.05) is 23.3 Å². The Labute approximate surface area is 130 Å². The molecule has 2 aliphatic rings. The van der Waals surface area contributed by atoms with Gasteiger partial charge in [-0.15, -0.1) is 0 Å². The third-order valence-corrected chi connectivity index (χ3v) is 4.80. The van der Waals surface area contributed by atoms with Gasteiger partial charge in [0.15, 0.2) is 6.29 Å². The molecule has 0 spiro atoms. The molecule has 4 heteroatoms. The summed E-state index contributed by atoms with van der Waals surface area (Å²) >= 11 is 0. The molecule has 1 heterocycles. The molecule has 0 atom stereocenters. The Hall–Kier alpha value is -1.00. The Balaban J connectivity index is 1.60. The smallest absolute Gasteiger partial charge is 0.160 e. The average molecular weight is 309 g/mol. The van der Waals surface area contributed by atoms with Crippen molar-refractivity contribution >= 4 is 0 Å². The molecule has 121 valence electrons. The lowest BCUT2D eigenvalue weighted by molar-refractivity contribution is -0.225. The SMILES string of the molecule is Cc1c(F)cc([C]2CCC(C3OCC(C)CO3)CC2)cc1F. The van der Waals surface area contributed by atoms with E-state index in [2.05, 4.69) is 6.92 Å². The second-order valence-electron chi connectivity index (χ2n) is 6.65. The molecule has 0 bridgehead atoms. The molecule has 1 aliphatic carbocycles. The van der Waals surface area contributed by atoms with E-state index >= 15 is 0 Å². The summed E-state index contributed by atoms with van der Waals surface area (Å²) in [5.74, 6) is 1.06. The van der Waals surface area contributed by atoms with Crippen LogP contribution < -0.4 is 0 Å². The largest absolute Gasteiger partial charge is 0.352 e. The molecule has 3 rings (SSSR count). The molecule has 2 nitrogen and oxygen atoms in total. The molecule has 1 saturated heterocycles. The molecule has 1 aromatic carbocycles. The lowest BCUT2D eigenvalue weighted by Crippen LogP contribution is -2.37. The van der Waals surface area contributed by atoms with Crippen LogP contribution in [0.2, 0.25) is 0 Å². The zero-order chi connectivity index (χ0) is 15.7. The van der Waals surface area contributed by atoms with Gasteiger partial charge >= 0.3 is 0 Å². The van der Waals surface area contributed by atoms with Crippen LogP contribution in [-0.2, 0) is 9.47 Å². The number of halogens is 2. The summed E-state index contributed by atoms with van der Waals surface area (Å²) in [6, 6.07) is 2.92. The quantitative estimate of drug-likeness (QED) is 0.806. The number of benzene rings is 1.